The minimum absolute atomic E-state index is 0.0180. The van der Waals surface area contributed by atoms with Gasteiger partial charge in [-0.2, -0.15) is 0 Å². The zero-order valence-electron chi connectivity index (χ0n) is 11.4. The number of nitrogens with zero attached hydrogens (tertiary/aromatic N) is 1. The van der Waals surface area contributed by atoms with E-state index in [0.29, 0.717) is 10.8 Å². The topological polar surface area (TPSA) is 57.6 Å². The number of amides is 1. The molecule has 0 spiro atoms. The van der Waals surface area contributed by atoms with Crippen molar-refractivity contribution in [1.82, 2.24) is 4.90 Å². The van der Waals surface area contributed by atoms with Gasteiger partial charge in [0.05, 0.1) is 11.4 Å². The average molecular weight is 291 g/mol. The maximum absolute atomic E-state index is 12.3. The first-order valence-corrected chi connectivity index (χ1v) is 7.39. The van der Waals surface area contributed by atoms with Crippen molar-refractivity contribution in [2.24, 2.45) is 5.92 Å². The second-order valence-electron chi connectivity index (χ2n) is 5.17. The van der Waals surface area contributed by atoms with Crippen LogP contribution in [0.25, 0.3) is 0 Å². The van der Waals surface area contributed by atoms with Crippen molar-refractivity contribution in [3.05, 3.63) is 21.4 Å². The first-order chi connectivity index (χ1) is 9.51. The predicted molar refractivity (Wildman–Crippen MR) is 77.9 cm³/mol. The lowest BCUT2D eigenvalue weighted by molar-refractivity contribution is -0.137. The van der Waals surface area contributed by atoms with Crippen LogP contribution in [-0.4, -0.2) is 35.0 Å². The molecule has 2 rings (SSSR count). The Morgan fingerprint density at radius 3 is 3.00 bits per heavy atom. The van der Waals surface area contributed by atoms with Crippen molar-refractivity contribution in [3.8, 4) is 12.3 Å². The van der Waals surface area contributed by atoms with Crippen LogP contribution in [0.1, 0.15) is 33.5 Å². The van der Waals surface area contributed by atoms with Crippen LogP contribution in [0.5, 0.6) is 0 Å². The highest BCUT2D eigenvalue weighted by molar-refractivity contribution is 7.14. The number of terminal acetylenes is 1. The van der Waals surface area contributed by atoms with Crippen molar-refractivity contribution in [2.75, 3.05) is 13.1 Å². The second kappa shape index (κ2) is 6.10. The molecule has 1 atom stereocenters. The Kier molecular flexibility index (Phi) is 4.46. The van der Waals surface area contributed by atoms with Gasteiger partial charge in [-0.05, 0) is 36.8 Å². The summed E-state index contributed by atoms with van der Waals surface area (Å²) in [4.78, 5) is 26.2. The van der Waals surface area contributed by atoms with Crippen molar-refractivity contribution < 1.29 is 14.7 Å². The van der Waals surface area contributed by atoms with Gasteiger partial charge in [0.2, 0.25) is 0 Å². The molecule has 4 nitrogen and oxygen atoms in total. The summed E-state index contributed by atoms with van der Waals surface area (Å²) >= 11 is 1.47. The third-order valence-electron chi connectivity index (χ3n) is 3.44. The minimum Gasteiger partial charge on any atom is -0.480 e. The van der Waals surface area contributed by atoms with E-state index >= 15 is 0 Å². The van der Waals surface area contributed by atoms with Crippen LogP contribution in [0, 0.1) is 18.3 Å². The molecule has 0 radical (unpaired) electrons. The number of carboxylic acids is 1. The highest BCUT2D eigenvalue weighted by Crippen LogP contribution is 2.32. The summed E-state index contributed by atoms with van der Waals surface area (Å²) in [5.41, 5.74) is 1.23. The molecule has 0 aromatic carbocycles. The number of carbonyl (C=O) groups excluding carboxylic acids is 1. The van der Waals surface area contributed by atoms with Crippen molar-refractivity contribution in [3.63, 3.8) is 0 Å². The van der Waals surface area contributed by atoms with Crippen LogP contribution in [0.4, 0.5) is 0 Å². The first kappa shape index (κ1) is 14.6. The largest absolute Gasteiger partial charge is 0.480 e. The third kappa shape index (κ3) is 3.20. The molecule has 0 aliphatic heterocycles. The summed E-state index contributed by atoms with van der Waals surface area (Å²) in [5.74, 6) is 1.65. The quantitative estimate of drug-likeness (QED) is 0.864. The molecular formula is C15H17NO3S. The van der Waals surface area contributed by atoms with Gasteiger partial charge in [0.25, 0.3) is 5.91 Å². The van der Waals surface area contributed by atoms with Crippen molar-refractivity contribution in [2.45, 2.75) is 26.2 Å². The van der Waals surface area contributed by atoms with Crippen LogP contribution < -0.4 is 0 Å². The summed E-state index contributed by atoms with van der Waals surface area (Å²) in [6.45, 7) is 1.86. The zero-order chi connectivity index (χ0) is 14.7. The summed E-state index contributed by atoms with van der Waals surface area (Å²) in [6.07, 6.45) is 8.34. The average Bonchev–Trinajstić information content (AvgIpc) is 2.79. The van der Waals surface area contributed by atoms with Gasteiger partial charge in [0, 0.05) is 4.88 Å². The Morgan fingerprint density at radius 1 is 1.60 bits per heavy atom. The molecule has 1 aromatic rings. The molecule has 1 N–H and O–H groups in total. The van der Waals surface area contributed by atoms with E-state index in [1.165, 1.54) is 26.7 Å². The Balaban J connectivity index is 2.19. The minimum atomic E-state index is -1.05. The van der Waals surface area contributed by atoms with Crippen molar-refractivity contribution in [1.29, 1.82) is 0 Å². The van der Waals surface area contributed by atoms with Gasteiger partial charge in [0.15, 0.2) is 0 Å². The number of thiophene rings is 1. The summed E-state index contributed by atoms with van der Waals surface area (Å²) in [6, 6.07) is 1.91. The highest BCUT2D eigenvalue weighted by atomic mass is 32.1. The summed E-state index contributed by atoms with van der Waals surface area (Å²) in [5, 5.41) is 8.84. The molecule has 1 unspecified atom stereocenters. The first-order valence-electron chi connectivity index (χ1n) is 6.57. The Hall–Kier alpha value is -1.80. The van der Waals surface area contributed by atoms with E-state index in [2.05, 4.69) is 12.8 Å². The molecule has 1 aromatic heterocycles. The highest BCUT2D eigenvalue weighted by Gasteiger charge is 2.24. The number of hydrogen-bond acceptors (Lipinski definition) is 3. The number of aliphatic carboxylic acids is 1. The van der Waals surface area contributed by atoms with Gasteiger partial charge >= 0.3 is 5.97 Å². The number of fused-ring (bicyclic) bond motifs is 1. The monoisotopic (exact) mass is 291 g/mol. The lowest BCUT2D eigenvalue weighted by Crippen LogP contribution is -2.35. The van der Waals surface area contributed by atoms with E-state index in [1.54, 1.807) is 0 Å². The zero-order valence-corrected chi connectivity index (χ0v) is 12.2. The number of carboxylic acid groups (broad SMARTS) is 1. The predicted octanol–water partition coefficient (Wildman–Crippen LogP) is 2.03. The lowest BCUT2D eigenvalue weighted by atomic mass is 9.90. The lowest BCUT2D eigenvalue weighted by Gasteiger charge is -2.16. The molecule has 106 valence electrons. The van der Waals surface area contributed by atoms with Gasteiger partial charge in [-0.3, -0.25) is 9.59 Å². The molecule has 1 aliphatic carbocycles. The molecule has 1 amide bonds. The molecule has 0 bridgehead atoms. The van der Waals surface area contributed by atoms with E-state index in [0.717, 1.165) is 19.3 Å². The molecule has 20 heavy (non-hydrogen) atoms. The molecule has 1 aliphatic rings. The van der Waals surface area contributed by atoms with Gasteiger partial charge in [-0.15, -0.1) is 17.8 Å². The van der Waals surface area contributed by atoms with E-state index in [4.69, 9.17) is 11.5 Å². The molecule has 5 heteroatoms. The van der Waals surface area contributed by atoms with Gasteiger partial charge in [-0.25, -0.2) is 0 Å². The SMILES string of the molecule is C#CCN(CC(=O)O)C(=O)c1cc2c(s1)CCC(C)C2. The summed E-state index contributed by atoms with van der Waals surface area (Å²) < 4.78 is 0. The van der Waals surface area contributed by atoms with Gasteiger partial charge in [0.1, 0.15) is 6.54 Å². The van der Waals surface area contributed by atoms with Crippen LogP contribution in [0.2, 0.25) is 0 Å². The number of hydrogen-bond donors (Lipinski definition) is 1. The molecule has 1 heterocycles. The van der Waals surface area contributed by atoms with Crippen LogP contribution in [-0.2, 0) is 17.6 Å². The number of aryl methyl sites for hydroxylation is 1. The van der Waals surface area contributed by atoms with E-state index in [-0.39, 0.29) is 19.0 Å². The van der Waals surface area contributed by atoms with E-state index in [1.807, 2.05) is 6.07 Å². The van der Waals surface area contributed by atoms with Crippen LogP contribution >= 0.6 is 11.3 Å². The Morgan fingerprint density at radius 2 is 2.35 bits per heavy atom. The fourth-order valence-electron chi connectivity index (χ4n) is 2.44. The standard InChI is InChI=1S/C15H17NO3S/c1-3-6-16(9-14(17)18)15(19)13-8-11-7-10(2)4-5-12(11)20-13/h1,8,10H,4-7,9H2,2H3,(H,17,18). The Bertz CT molecular complexity index is 570. The van der Waals surface area contributed by atoms with Gasteiger partial charge < -0.3 is 10.0 Å². The summed E-state index contributed by atoms with van der Waals surface area (Å²) in [7, 11) is 0. The fraction of sp³-hybridized carbons (Fsp3) is 0.467. The van der Waals surface area contributed by atoms with Crippen LogP contribution in [0.15, 0.2) is 6.07 Å². The third-order valence-corrected chi connectivity index (χ3v) is 4.66. The number of carbonyl (C=O) groups is 2. The maximum atomic E-state index is 12.3. The molecular weight excluding hydrogens is 274 g/mol. The number of rotatable bonds is 4. The maximum Gasteiger partial charge on any atom is 0.323 e. The van der Waals surface area contributed by atoms with Crippen molar-refractivity contribution >= 4 is 23.2 Å². The normalized spacial score (nSPS) is 17.1. The smallest absolute Gasteiger partial charge is 0.323 e. The fourth-order valence-corrected chi connectivity index (χ4v) is 3.62. The molecule has 0 saturated heterocycles. The second-order valence-corrected chi connectivity index (χ2v) is 6.30. The van der Waals surface area contributed by atoms with Crippen LogP contribution in [0.3, 0.4) is 0 Å². The van der Waals surface area contributed by atoms with Gasteiger partial charge in [-0.1, -0.05) is 12.8 Å². The Labute approximate surface area is 122 Å². The molecule has 0 saturated carbocycles. The van der Waals surface area contributed by atoms with E-state index < -0.39 is 5.97 Å². The molecule has 0 fully saturated rings. The van der Waals surface area contributed by atoms with E-state index in [9.17, 15) is 9.59 Å².